The van der Waals surface area contributed by atoms with E-state index in [1.165, 1.54) is 16.7 Å². The number of halogens is 1. The van der Waals surface area contributed by atoms with Crippen molar-refractivity contribution in [1.82, 2.24) is 4.90 Å². The van der Waals surface area contributed by atoms with Gasteiger partial charge >= 0.3 is 5.97 Å². The molecular weight excluding hydrogens is 476 g/mol. The van der Waals surface area contributed by atoms with Crippen LogP contribution in [0.5, 0.6) is 0 Å². The first-order chi connectivity index (χ1) is 16.1. The number of aliphatic hydroxyl groups is 1. The van der Waals surface area contributed by atoms with Gasteiger partial charge in [0.05, 0.1) is 39.9 Å². The lowest BCUT2D eigenvalue weighted by Gasteiger charge is -2.39. The lowest BCUT2D eigenvalue weighted by molar-refractivity contribution is -0.150. The van der Waals surface area contributed by atoms with Gasteiger partial charge in [0.25, 0.3) is 5.91 Å². The molecule has 2 bridgehead atoms. The summed E-state index contributed by atoms with van der Waals surface area (Å²) in [6.07, 6.45) is 3.23. The summed E-state index contributed by atoms with van der Waals surface area (Å²) >= 11 is 8.01. The summed E-state index contributed by atoms with van der Waals surface area (Å²) in [4.78, 5) is 43.7. The van der Waals surface area contributed by atoms with Crippen LogP contribution < -0.4 is 4.90 Å². The van der Waals surface area contributed by atoms with Gasteiger partial charge in [-0.1, -0.05) is 36.7 Å². The van der Waals surface area contributed by atoms with Crippen molar-refractivity contribution in [3.05, 3.63) is 41.4 Å². The number of rotatable bonds is 8. The minimum Gasteiger partial charge on any atom is -0.481 e. The number of aryl methyl sites for hydroxylation is 1. The summed E-state index contributed by atoms with van der Waals surface area (Å²) in [7, 11) is 0. The molecule has 1 spiro atoms. The molecule has 9 heteroatoms. The van der Waals surface area contributed by atoms with Gasteiger partial charge in [0, 0.05) is 11.3 Å². The normalized spacial score (nSPS) is 32.6. The Balaban J connectivity index is 1.89. The van der Waals surface area contributed by atoms with Crippen LogP contribution in [-0.2, 0) is 14.4 Å². The molecule has 2 N–H and O–H groups in total. The molecular formula is C25H31ClN2O5S. The Labute approximate surface area is 209 Å². The minimum atomic E-state index is -1.01. The monoisotopic (exact) mass is 506 g/mol. The average Bonchev–Trinajstić information content (AvgIpc) is 3.35. The van der Waals surface area contributed by atoms with Crippen LogP contribution in [0, 0.1) is 18.8 Å². The van der Waals surface area contributed by atoms with E-state index in [-0.39, 0.29) is 25.0 Å². The van der Waals surface area contributed by atoms with Gasteiger partial charge in [0.2, 0.25) is 5.91 Å². The molecule has 1 aromatic carbocycles. The number of para-hydroxylation sites is 1. The van der Waals surface area contributed by atoms with Crippen LogP contribution in [0.2, 0.25) is 5.02 Å². The van der Waals surface area contributed by atoms with E-state index in [4.69, 9.17) is 11.6 Å². The highest BCUT2D eigenvalue weighted by Crippen LogP contribution is 2.71. The fourth-order valence-electron chi connectivity index (χ4n) is 6.36. The van der Waals surface area contributed by atoms with Crippen LogP contribution in [0.4, 0.5) is 5.69 Å². The van der Waals surface area contributed by atoms with Crippen molar-refractivity contribution in [2.75, 3.05) is 18.1 Å². The molecule has 3 heterocycles. The summed E-state index contributed by atoms with van der Waals surface area (Å²) in [5, 5.41) is 20.6. The predicted octanol–water partition coefficient (Wildman–Crippen LogP) is 3.50. The number of carbonyl (C=O) groups excluding carboxylic acids is 2. The molecule has 2 amide bonds. The molecule has 3 aliphatic heterocycles. The Bertz CT molecular complexity index is 1030. The van der Waals surface area contributed by atoms with E-state index >= 15 is 0 Å². The van der Waals surface area contributed by atoms with Crippen molar-refractivity contribution in [3.63, 3.8) is 0 Å². The van der Waals surface area contributed by atoms with Crippen LogP contribution in [0.3, 0.4) is 0 Å². The third-order valence-electron chi connectivity index (χ3n) is 7.83. The molecule has 7 nitrogen and oxygen atoms in total. The number of thioether (sulfide) groups is 1. The summed E-state index contributed by atoms with van der Waals surface area (Å²) in [6, 6.07) is 3.90. The molecule has 34 heavy (non-hydrogen) atoms. The van der Waals surface area contributed by atoms with Crippen molar-refractivity contribution >= 4 is 46.8 Å². The number of carbonyl (C=O) groups is 3. The zero-order valence-corrected chi connectivity index (χ0v) is 21.2. The molecule has 184 valence electrons. The number of hydrogen-bond acceptors (Lipinski definition) is 5. The molecule has 3 aliphatic rings. The minimum absolute atomic E-state index is 0.183. The molecule has 6 atom stereocenters. The maximum Gasteiger partial charge on any atom is 0.308 e. The topological polar surface area (TPSA) is 98.2 Å². The Kier molecular flexibility index (Phi) is 6.55. The Morgan fingerprint density at radius 3 is 2.68 bits per heavy atom. The number of likely N-dealkylation sites (tertiary alicyclic amines) is 1. The van der Waals surface area contributed by atoms with Crippen molar-refractivity contribution in [3.8, 4) is 0 Å². The molecule has 1 aromatic rings. The van der Waals surface area contributed by atoms with E-state index in [0.29, 0.717) is 30.0 Å². The van der Waals surface area contributed by atoms with Gasteiger partial charge in [-0.05, 0) is 44.7 Å². The SMILES string of the molecule is C=CCN(C(=O)C1N([C@@H](CC)CO)C(=O)[C@@H]2[C@@H](C(=O)O)[C@@]3(C)CCC12S3)c1c(C)cccc1Cl. The molecule has 3 saturated heterocycles. The van der Waals surface area contributed by atoms with E-state index in [9.17, 15) is 24.6 Å². The van der Waals surface area contributed by atoms with E-state index in [1.807, 2.05) is 32.9 Å². The number of nitrogens with zero attached hydrogens (tertiary/aromatic N) is 2. The summed E-state index contributed by atoms with van der Waals surface area (Å²) < 4.78 is -1.50. The highest BCUT2D eigenvalue weighted by atomic mass is 35.5. The van der Waals surface area contributed by atoms with E-state index < -0.39 is 39.4 Å². The van der Waals surface area contributed by atoms with Gasteiger partial charge < -0.3 is 20.0 Å². The Morgan fingerprint density at radius 2 is 2.12 bits per heavy atom. The lowest BCUT2D eigenvalue weighted by Crippen LogP contribution is -2.57. The van der Waals surface area contributed by atoms with Crippen molar-refractivity contribution in [1.29, 1.82) is 0 Å². The number of hydrogen-bond donors (Lipinski definition) is 2. The second-order valence-electron chi connectivity index (χ2n) is 9.70. The van der Waals surface area contributed by atoms with Crippen molar-refractivity contribution < 1.29 is 24.6 Å². The highest BCUT2D eigenvalue weighted by Gasteiger charge is 2.78. The molecule has 2 unspecified atom stereocenters. The first-order valence-corrected chi connectivity index (χ1v) is 12.8. The molecule has 0 aromatic heterocycles. The third-order valence-corrected chi connectivity index (χ3v) is 10.1. The van der Waals surface area contributed by atoms with E-state index in [1.54, 1.807) is 17.0 Å². The third kappa shape index (κ3) is 3.40. The average molecular weight is 507 g/mol. The van der Waals surface area contributed by atoms with Gasteiger partial charge in [-0.15, -0.1) is 18.3 Å². The number of carboxylic acids is 1. The number of aliphatic carboxylic acids is 1. The van der Waals surface area contributed by atoms with Crippen molar-refractivity contribution in [2.45, 2.75) is 61.6 Å². The van der Waals surface area contributed by atoms with Crippen LogP contribution in [0.1, 0.15) is 38.7 Å². The first-order valence-electron chi connectivity index (χ1n) is 11.6. The van der Waals surface area contributed by atoms with Gasteiger partial charge in [-0.25, -0.2) is 0 Å². The van der Waals surface area contributed by atoms with Gasteiger partial charge in [-0.2, -0.15) is 0 Å². The number of anilines is 1. The highest BCUT2D eigenvalue weighted by molar-refractivity contribution is 8.02. The van der Waals surface area contributed by atoms with Gasteiger partial charge in [0.1, 0.15) is 6.04 Å². The maximum absolute atomic E-state index is 14.4. The number of carboxylic acid groups (broad SMARTS) is 1. The molecule has 0 aliphatic carbocycles. The zero-order chi connectivity index (χ0) is 25.0. The van der Waals surface area contributed by atoms with Crippen LogP contribution in [-0.4, -0.2) is 67.6 Å². The fourth-order valence-corrected chi connectivity index (χ4v) is 9.01. The van der Waals surface area contributed by atoms with Gasteiger partial charge in [-0.3, -0.25) is 14.4 Å². The summed E-state index contributed by atoms with van der Waals surface area (Å²) in [5.74, 6) is -3.38. The summed E-state index contributed by atoms with van der Waals surface area (Å²) in [6.45, 7) is 9.30. The number of aliphatic hydroxyl groups excluding tert-OH is 1. The summed E-state index contributed by atoms with van der Waals surface area (Å²) in [5.41, 5.74) is 1.36. The largest absolute Gasteiger partial charge is 0.481 e. The number of benzene rings is 1. The van der Waals surface area contributed by atoms with Crippen LogP contribution in [0.15, 0.2) is 30.9 Å². The molecule has 0 saturated carbocycles. The second-order valence-corrected chi connectivity index (χ2v) is 12.0. The molecule has 4 rings (SSSR count). The van der Waals surface area contributed by atoms with E-state index in [2.05, 4.69) is 6.58 Å². The van der Waals surface area contributed by atoms with Crippen LogP contribution in [0.25, 0.3) is 0 Å². The predicted molar refractivity (Wildman–Crippen MR) is 133 cm³/mol. The molecule has 3 fully saturated rings. The van der Waals surface area contributed by atoms with Crippen molar-refractivity contribution in [2.24, 2.45) is 11.8 Å². The molecule has 0 radical (unpaired) electrons. The van der Waals surface area contributed by atoms with Gasteiger partial charge in [0.15, 0.2) is 0 Å². The number of fused-ring (bicyclic) bond motifs is 1. The van der Waals surface area contributed by atoms with Crippen LogP contribution >= 0.6 is 23.4 Å². The standard InChI is InChI=1S/C25H31ClN2O5S/c1-5-12-27(19-14(3)8-7-9-16(19)26)22(31)20-25-11-10-24(4,34-25)18(23(32)33)17(25)21(30)28(20)15(6-2)13-29/h5,7-9,15,17-18,20,29H,1,6,10-13H2,2-4H3,(H,32,33)/t15-,17-,18-,20?,24+,25?/m0/s1. The zero-order valence-electron chi connectivity index (χ0n) is 19.7. The smallest absolute Gasteiger partial charge is 0.308 e. The maximum atomic E-state index is 14.4. The second kappa shape index (κ2) is 8.88. The Morgan fingerprint density at radius 1 is 1.41 bits per heavy atom. The Hall–Kier alpha value is -2.03. The first kappa shape index (κ1) is 25.1. The number of amides is 2. The fraction of sp³-hybridized carbons (Fsp3) is 0.560. The van der Waals surface area contributed by atoms with E-state index in [0.717, 1.165) is 5.56 Å². The lowest BCUT2D eigenvalue weighted by atomic mass is 9.66. The quantitative estimate of drug-likeness (QED) is 0.524.